The van der Waals surface area contributed by atoms with Crippen molar-refractivity contribution in [2.45, 2.75) is 19.8 Å². The van der Waals surface area contributed by atoms with E-state index in [1.165, 1.54) is 0 Å². The summed E-state index contributed by atoms with van der Waals surface area (Å²) >= 11 is 0. The van der Waals surface area contributed by atoms with Gasteiger partial charge in [0.25, 0.3) is 0 Å². The van der Waals surface area contributed by atoms with Crippen molar-refractivity contribution in [3.8, 4) is 0 Å². The first kappa shape index (κ1) is 17.4. The molecule has 0 saturated heterocycles. The SMILES string of the molecule is COCCN(CCCCN(C)C(C)=O)CCOC. The van der Waals surface area contributed by atoms with Crippen LogP contribution < -0.4 is 0 Å². The van der Waals surface area contributed by atoms with Gasteiger partial charge in [0.15, 0.2) is 0 Å². The molecule has 0 aliphatic carbocycles. The lowest BCUT2D eigenvalue weighted by Crippen LogP contribution is -2.32. The summed E-state index contributed by atoms with van der Waals surface area (Å²) in [5, 5.41) is 0. The number of carbonyl (C=O) groups excluding carboxylic acids is 1. The summed E-state index contributed by atoms with van der Waals surface area (Å²) in [5.41, 5.74) is 0. The van der Waals surface area contributed by atoms with Crippen molar-refractivity contribution >= 4 is 5.91 Å². The van der Waals surface area contributed by atoms with Gasteiger partial charge in [-0.05, 0) is 19.4 Å². The molecule has 0 bridgehead atoms. The van der Waals surface area contributed by atoms with Crippen LogP contribution in [0.15, 0.2) is 0 Å². The number of unbranched alkanes of at least 4 members (excludes halogenated alkanes) is 1. The Morgan fingerprint density at radius 2 is 1.44 bits per heavy atom. The smallest absolute Gasteiger partial charge is 0.219 e. The predicted octanol–water partition coefficient (Wildman–Crippen LogP) is 0.840. The van der Waals surface area contributed by atoms with E-state index in [1.807, 2.05) is 7.05 Å². The average molecular weight is 260 g/mol. The molecule has 0 aromatic heterocycles. The Morgan fingerprint density at radius 3 is 1.89 bits per heavy atom. The van der Waals surface area contributed by atoms with Crippen molar-refractivity contribution in [3.63, 3.8) is 0 Å². The van der Waals surface area contributed by atoms with Crippen LogP contribution in [-0.2, 0) is 14.3 Å². The summed E-state index contributed by atoms with van der Waals surface area (Å²) in [7, 11) is 5.28. The number of hydrogen-bond donors (Lipinski definition) is 0. The highest BCUT2D eigenvalue weighted by Crippen LogP contribution is 1.98. The molecule has 0 fully saturated rings. The van der Waals surface area contributed by atoms with Gasteiger partial charge >= 0.3 is 0 Å². The Labute approximate surface area is 111 Å². The maximum Gasteiger partial charge on any atom is 0.219 e. The molecular formula is C13H28N2O3. The number of carbonyl (C=O) groups is 1. The fourth-order valence-electron chi connectivity index (χ4n) is 1.62. The van der Waals surface area contributed by atoms with Crippen LogP contribution in [0.4, 0.5) is 0 Å². The third kappa shape index (κ3) is 9.39. The second-order valence-electron chi connectivity index (χ2n) is 4.47. The molecule has 0 heterocycles. The Bertz CT molecular complexity index is 204. The molecule has 0 N–H and O–H groups in total. The Balaban J connectivity index is 3.70. The standard InChI is InChI=1S/C13H28N2O3/c1-13(16)14(2)7-5-6-8-15(9-11-17-3)10-12-18-4/h5-12H2,1-4H3. The summed E-state index contributed by atoms with van der Waals surface area (Å²) in [6, 6.07) is 0. The van der Waals surface area contributed by atoms with Crippen LogP contribution in [-0.4, -0.2) is 76.4 Å². The number of nitrogens with zero attached hydrogens (tertiary/aromatic N) is 2. The van der Waals surface area contributed by atoms with Gasteiger partial charge in [0, 0.05) is 47.8 Å². The zero-order valence-electron chi connectivity index (χ0n) is 12.3. The maximum atomic E-state index is 11.0. The number of methoxy groups -OCH3 is 2. The van der Waals surface area contributed by atoms with E-state index in [1.54, 1.807) is 26.0 Å². The van der Waals surface area contributed by atoms with Gasteiger partial charge < -0.3 is 14.4 Å². The van der Waals surface area contributed by atoms with E-state index in [-0.39, 0.29) is 5.91 Å². The molecule has 0 aliphatic heterocycles. The summed E-state index contributed by atoms with van der Waals surface area (Å²) in [6.45, 7) is 6.82. The van der Waals surface area contributed by atoms with Gasteiger partial charge in [-0.1, -0.05) is 0 Å². The fraction of sp³-hybridized carbons (Fsp3) is 0.923. The molecule has 0 atom stereocenters. The lowest BCUT2D eigenvalue weighted by Gasteiger charge is -2.22. The fourth-order valence-corrected chi connectivity index (χ4v) is 1.62. The average Bonchev–Trinajstić information content (AvgIpc) is 2.36. The van der Waals surface area contributed by atoms with E-state index in [9.17, 15) is 4.79 Å². The van der Waals surface area contributed by atoms with Crippen molar-refractivity contribution in [1.29, 1.82) is 0 Å². The summed E-state index contributed by atoms with van der Waals surface area (Å²) in [4.78, 5) is 15.1. The van der Waals surface area contributed by atoms with E-state index >= 15 is 0 Å². The highest BCUT2D eigenvalue weighted by molar-refractivity contribution is 5.72. The van der Waals surface area contributed by atoms with Gasteiger partial charge in [0.05, 0.1) is 13.2 Å². The Morgan fingerprint density at radius 1 is 0.944 bits per heavy atom. The van der Waals surface area contributed by atoms with E-state index in [2.05, 4.69) is 4.90 Å². The topological polar surface area (TPSA) is 42.0 Å². The van der Waals surface area contributed by atoms with Gasteiger partial charge in [0.1, 0.15) is 0 Å². The van der Waals surface area contributed by atoms with Crippen LogP contribution in [0.3, 0.4) is 0 Å². The first-order chi connectivity index (χ1) is 8.61. The van der Waals surface area contributed by atoms with Gasteiger partial charge in [-0.15, -0.1) is 0 Å². The summed E-state index contributed by atoms with van der Waals surface area (Å²) in [6.07, 6.45) is 2.12. The number of amides is 1. The second kappa shape index (κ2) is 11.4. The number of hydrogen-bond acceptors (Lipinski definition) is 4. The van der Waals surface area contributed by atoms with E-state index in [0.717, 1.165) is 52.2 Å². The molecule has 0 rings (SSSR count). The normalized spacial score (nSPS) is 10.9. The largest absolute Gasteiger partial charge is 0.383 e. The maximum absolute atomic E-state index is 11.0. The van der Waals surface area contributed by atoms with Gasteiger partial charge in [-0.2, -0.15) is 0 Å². The third-order valence-electron chi connectivity index (χ3n) is 2.98. The lowest BCUT2D eigenvalue weighted by molar-refractivity contribution is -0.127. The zero-order chi connectivity index (χ0) is 13.8. The highest BCUT2D eigenvalue weighted by atomic mass is 16.5. The first-order valence-electron chi connectivity index (χ1n) is 6.53. The molecule has 1 amide bonds. The minimum Gasteiger partial charge on any atom is -0.383 e. The lowest BCUT2D eigenvalue weighted by atomic mass is 10.2. The minimum absolute atomic E-state index is 0.130. The molecule has 0 aliphatic rings. The van der Waals surface area contributed by atoms with Crippen LogP contribution in [0.25, 0.3) is 0 Å². The summed E-state index contributed by atoms with van der Waals surface area (Å²) < 4.78 is 10.2. The molecule has 0 radical (unpaired) electrons. The van der Waals surface area contributed by atoms with Crippen LogP contribution in [0.2, 0.25) is 0 Å². The monoisotopic (exact) mass is 260 g/mol. The minimum atomic E-state index is 0.130. The third-order valence-corrected chi connectivity index (χ3v) is 2.98. The molecule has 0 aromatic carbocycles. The van der Waals surface area contributed by atoms with E-state index in [0.29, 0.717) is 0 Å². The predicted molar refractivity (Wildman–Crippen MR) is 72.7 cm³/mol. The second-order valence-corrected chi connectivity index (χ2v) is 4.47. The van der Waals surface area contributed by atoms with Gasteiger partial charge in [0.2, 0.25) is 5.91 Å². The number of ether oxygens (including phenoxy) is 2. The molecule has 5 nitrogen and oxygen atoms in total. The Hall–Kier alpha value is -0.650. The van der Waals surface area contributed by atoms with Crippen LogP contribution in [0, 0.1) is 0 Å². The van der Waals surface area contributed by atoms with Crippen molar-refractivity contribution in [2.75, 3.05) is 60.7 Å². The van der Waals surface area contributed by atoms with Crippen LogP contribution in [0.1, 0.15) is 19.8 Å². The van der Waals surface area contributed by atoms with E-state index < -0.39 is 0 Å². The van der Waals surface area contributed by atoms with Crippen molar-refractivity contribution in [3.05, 3.63) is 0 Å². The molecule has 18 heavy (non-hydrogen) atoms. The Kier molecular flexibility index (Phi) is 11.0. The highest BCUT2D eigenvalue weighted by Gasteiger charge is 2.05. The molecule has 0 saturated carbocycles. The summed E-state index contributed by atoms with van der Waals surface area (Å²) in [5.74, 6) is 0.130. The molecule has 5 heteroatoms. The van der Waals surface area contributed by atoms with Crippen molar-refractivity contribution < 1.29 is 14.3 Å². The molecule has 108 valence electrons. The quantitative estimate of drug-likeness (QED) is 0.516. The molecular weight excluding hydrogens is 232 g/mol. The van der Waals surface area contributed by atoms with Gasteiger partial charge in [-0.3, -0.25) is 9.69 Å². The van der Waals surface area contributed by atoms with Crippen LogP contribution >= 0.6 is 0 Å². The van der Waals surface area contributed by atoms with Crippen molar-refractivity contribution in [2.24, 2.45) is 0 Å². The molecule has 0 spiro atoms. The van der Waals surface area contributed by atoms with E-state index in [4.69, 9.17) is 9.47 Å². The zero-order valence-corrected chi connectivity index (χ0v) is 12.3. The molecule has 0 aromatic rings. The molecule has 0 unspecified atom stereocenters. The van der Waals surface area contributed by atoms with Crippen LogP contribution in [0.5, 0.6) is 0 Å². The first-order valence-corrected chi connectivity index (χ1v) is 6.53. The number of rotatable bonds is 11. The van der Waals surface area contributed by atoms with Crippen molar-refractivity contribution in [1.82, 2.24) is 9.80 Å². The van der Waals surface area contributed by atoms with Gasteiger partial charge in [-0.25, -0.2) is 0 Å².